The number of hydrogen-bond donors (Lipinski definition) is 0. The highest BCUT2D eigenvalue weighted by Crippen LogP contribution is 2.36. The van der Waals surface area contributed by atoms with Crippen molar-refractivity contribution in [1.29, 1.82) is 0 Å². The highest BCUT2D eigenvalue weighted by Gasteiger charge is 2.27. The Balaban J connectivity index is 3.81. The lowest BCUT2D eigenvalue weighted by Crippen LogP contribution is -2.26. The first-order valence-electron chi connectivity index (χ1n) is 8.82. The van der Waals surface area contributed by atoms with Crippen LogP contribution in [0.15, 0.2) is 0 Å². The standard InChI is InChI=1S/C19H40/c1-8-10-13-16(3)14-11-12-15-17(4)18(9-2)19(5,6)7/h16-18H,8-15H2,1-7H3. The van der Waals surface area contributed by atoms with E-state index in [4.69, 9.17) is 0 Å². The summed E-state index contributed by atoms with van der Waals surface area (Å²) >= 11 is 0. The molecular formula is C19H40. The maximum Gasteiger partial charge on any atom is -0.0342 e. The van der Waals surface area contributed by atoms with Crippen molar-refractivity contribution in [3.8, 4) is 0 Å². The van der Waals surface area contributed by atoms with Gasteiger partial charge in [0.2, 0.25) is 0 Å². The molecule has 0 aromatic rings. The third-order valence-corrected chi connectivity index (χ3v) is 4.90. The molecule has 0 fully saturated rings. The third-order valence-electron chi connectivity index (χ3n) is 4.90. The van der Waals surface area contributed by atoms with Crippen LogP contribution in [0.4, 0.5) is 0 Å². The Hall–Kier alpha value is 0. The fourth-order valence-electron chi connectivity index (χ4n) is 3.73. The van der Waals surface area contributed by atoms with Crippen molar-refractivity contribution >= 4 is 0 Å². The van der Waals surface area contributed by atoms with Crippen molar-refractivity contribution in [2.75, 3.05) is 0 Å². The van der Waals surface area contributed by atoms with Gasteiger partial charge in [0.15, 0.2) is 0 Å². The van der Waals surface area contributed by atoms with Crippen LogP contribution in [0, 0.1) is 23.2 Å². The van der Waals surface area contributed by atoms with Crippen LogP contribution in [0.2, 0.25) is 0 Å². The Kier molecular flexibility index (Phi) is 9.83. The molecule has 0 amide bonds. The number of rotatable bonds is 10. The Morgan fingerprint density at radius 2 is 1.32 bits per heavy atom. The van der Waals surface area contributed by atoms with E-state index in [2.05, 4.69) is 48.5 Å². The zero-order chi connectivity index (χ0) is 14.9. The molecule has 0 spiro atoms. The average molecular weight is 269 g/mol. The highest BCUT2D eigenvalue weighted by atomic mass is 14.3. The number of hydrogen-bond acceptors (Lipinski definition) is 0. The van der Waals surface area contributed by atoms with Gasteiger partial charge in [-0.15, -0.1) is 0 Å². The molecule has 0 aromatic carbocycles. The minimum atomic E-state index is 0.475. The summed E-state index contributed by atoms with van der Waals surface area (Å²) in [6.45, 7) is 16.8. The molecule has 0 aliphatic rings. The van der Waals surface area contributed by atoms with E-state index in [1.165, 1.54) is 51.4 Å². The van der Waals surface area contributed by atoms with E-state index in [1.54, 1.807) is 0 Å². The zero-order valence-corrected chi connectivity index (χ0v) is 14.9. The van der Waals surface area contributed by atoms with Crippen molar-refractivity contribution in [3.05, 3.63) is 0 Å². The molecule has 0 heterocycles. The molecule has 3 unspecified atom stereocenters. The maximum atomic E-state index is 2.47. The summed E-state index contributed by atoms with van der Waals surface area (Å²) in [7, 11) is 0. The van der Waals surface area contributed by atoms with Gasteiger partial charge in [-0.05, 0) is 23.2 Å². The van der Waals surface area contributed by atoms with Crippen LogP contribution in [-0.2, 0) is 0 Å². The van der Waals surface area contributed by atoms with Gasteiger partial charge in [0.05, 0.1) is 0 Å². The SMILES string of the molecule is CCCCC(C)CCCCC(C)C(CC)C(C)(C)C. The molecule has 0 nitrogen and oxygen atoms in total. The molecule has 0 saturated carbocycles. The van der Waals surface area contributed by atoms with E-state index in [9.17, 15) is 0 Å². The minimum Gasteiger partial charge on any atom is -0.0654 e. The second kappa shape index (κ2) is 9.83. The van der Waals surface area contributed by atoms with Crippen LogP contribution in [0.3, 0.4) is 0 Å². The molecule has 3 atom stereocenters. The lowest BCUT2D eigenvalue weighted by atomic mass is 9.71. The highest BCUT2D eigenvalue weighted by molar-refractivity contribution is 4.77. The van der Waals surface area contributed by atoms with Crippen LogP contribution in [0.1, 0.15) is 99.8 Å². The van der Waals surface area contributed by atoms with Gasteiger partial charge in [0.1, 0.15) is 0 Å². The van der Waals surface area contributed by atoms with Gasteiger partial charge in [-0.1, -0.05) is 99.8 Å². The topological polar surface area (TPSA) is 0 Å². The largest absolute Gasteiger partial charge is 0.0654 e. The van der Waals surface area contributed by atoms with Crippen molar-refractivity contribution in [2.45, 2.75) is 99.8 Å². The Labute approximate surface area is 123 Å². The molecule has 0 aromatic heterocycles. The van der Waals surface area contributed by atoms with Gasteiger partial charge >= 0.3 is 0 Å². The fraction of sp³-hybridized carbons (Fsp3) is 1.00. The summed E-state index contributed by atoms with van der Waals surface area (Å²) in [6.07, 6.45) is 11.3. The lowest BCUT2D eigenvalue weighted by Gasteiger charge is -2.35. The third kappa shape index (κ3) is 8.71. The van der Waals surface area contributed by atoms with Crippen LogP contribution >= 0.6 is 0 Å². The van der Waals surface area contributed by atoms with E-state index in [0.717, 1.165) is 17.8 Å². The summed E-state index contributed by atoms with van der Waals surface area (Å²) in [5, 5.41) is 0. The predicted octanol–water partition coefficient (Wildman–Crippen LogP) is 7.08. The van der Waals surface area contributed by atoms with Crippen LogP contribution < -0.4 is 0 Å². The van der Waals surface area contributed by atoms with E-state index in [1.807, 2.05) is 0 Å². The normalized spacial score (nSPS) is 17.2. The van der Waals surface area contributed by atoms with Crippen LogP contribution in [-0.4, -0.2) is 0 Å². The van der Waals surface area contributed by atoms with Gasteiger partial charge in [-0.3, -0.25) is 0 Å². The molecule has 116 valence electrons. The quantitative estimate of drug-likeness (QED) is 0.371. The summed E-state index contributed by atoms with van der Waals surface area (Å²) in [5.41, 5.74) is 0.475. The van der Waals surface area contributed by atoms with Crippen molar-refractivity contribution in [3.63, 3.8) is 0 Å². The molecular weight excluding hydrogens is 228 g/mol. The molecule has 0 heteroatoms. The Bertz CT molecular complexity index is 199. The second-order valence-electron chi connectivity index (χ2n) is 7.89. The predicted molar refractivity (Wildman–Crippen MR) is 89.6 cm³/mol. The molecule has 0 saturated heterocycles. The average Bonchev–Trinajstić information content (AvgIpc) is 2.31. The lowest BCUT2D eigenvalue weighted by molar-refractivity contribution is 0.152. The van der Waals surface area contributed by atoms with Gasteiger partial charge in [0.25, 0.3) is 0 Å². The molecule has 19 heavy (non-hydrogen) atoms. The summed E-state index contributed by atoms with van der Waals surface area (Å²) in [6, 6.07) is 0. The molecule has 0 aliphatic carbocycles. The summed E-state index contributed by atoms with van der Waals surface area (Å²) in [4.78, 5) is 0. The molecule has 0 bridgehead atoms. The fourth-order valence-corrected chi connectivity index (χ4v) is 3.73. The summed E-state index contributed by atoms with van der Waals surface area (Å²) < 4.78 is 0. The van der Waals surface area contributed by atoms with Gasteiger partial charge in [-0.2, -0.15) is 0 Å². The first-order chi connectivity index (χ1) is 8.82. The second-order valence-corrected chi connectivity index (χ2v) is 7.89. The monoisotopic (exact) mass is 268 g/mol. The first-order valence-corrected chi connectivity index (χ1v) is 8.82. The van der Waals surface area contributed by atoms with E-state index in [0.29, 0.717) is 5.41 Å². The van der Waals surface area contributed by atoms with Crippen molar-refractivity contribution < 1.29 is 0 Å². The van der Waals surface area contributed by atoms with Crippen molar-refractivity contribution in [1.82, 2.24) is 0 Å². The zero-order valence-electron chi connectivity index (χ0n) is 14.9. The van der Waals surface area contributed by atoms with E-state index in [-0.39, 0.29) is 0 Å². The number of unbranched alkanes of at least 4 members (excludes halogenated alkanes) is 2. The van der Waals surface area contributed by atoms with Crippen LogP contribution in [0.5, 0.6) is 0 Å². The van der Waals surface area contributed by atoms with Crippen molar-refractivity contribution in [2.24, 2.45) is 23.2 Å². The van der Waals surface area contributed by atoms with E-state index < -0.39 is 0 Å². The molecule has 0 aliphatic heterocycles. The summed E-state index contributed by atoms with van der Waals surface area (Å²) in [5.74, 6) is 2.71. The van der Waals surface area contributed by atoms with Gasteiger partial charge < -0.3 is 0 Å². The smallest absolute Gasteiger partial charge is 0.0342 e. The van der Waals surface area contributed by atoms with Crippen LogP contribution in [0.25, 0.3) is 0 Å². The first kappa shape index (κ1) is 19.0. The molecule has 0 radical (unpaired) electrons. The van der Waals surface area contributed by atoms with E-state index >= 15 is 0 Å². The van der Waals surface area contributed by atoms with Gasteiger partial charge in [-0.25, -0.2) is 0 Å². The maximum absolute atomic E-state index is 2.47. The van der Waals surface area contributed by atoms with Gasteiger partial charge in [0, 0.05) is 0 Å². The Morgan fingerprint density at radius 1 is 0.789 bits per heavy atom. The minimum absolute atomic E-state index is 0.475. The molecule has 0 N–H and O–H groups in total. The molecule has 0 rings (SSSR count). The Morgan fingerprint density at radius 3 is 1.79 bits per heavy atom.